The van der Waals surface area contributed by atoms with Gasteiger partial charge in [-0.3, -0.25) is 0 Å². The molecule has 152 valence electrons. The maximum atomic E-state index is 13.8. The number of rotatable bonds is 2. The lowest BCUT2D eigenvalue weighted by Gasteiger charge is -2.23. The van der Waals surface area contributed by atoms with Gasteiger partial charge in [-0.1, -0.05) is 18.2 Å². The van der Waals surface area contributed by atoms with Crippen LogP contribution in [0.15, 0.2) is 42.5 Å². The molecule has 2 aromatic rings. The molecule has 0 saturated heterocycles. The molecule has 4 nitrogen and oxygen atoms in total. The van der Waals surface area contributed by atoms with Crippen molar-refractivity contribution in [2.24, 2.45) is 0 Å². The molecule has 0 fully saturated rings. The van der Waals surface area contributed by atoms with Gasteiger partial charge in [-0.15, -0.1) is 0 Å². The van der Waals surface area contributed by atoms with E-state index in [1.807, 2.05) is 44.9 Å². The number of nitrogens with one attached hydrogen (secondary N) is 1. The second-order valence-electron chi connectivity index (χ2n) is 7.92. The number of nitrogens with zero attached hydrogens (tertiary/aromatic N) is 1. The number of amides is 1. The van der Waals surface area contributed by atoms with Gasteiger partial charge >= 0.3 is 6.09 Å². The van der Waals surface area contributed by atoms with E-state index >= 15 is 0 Å². The Morgan fingerprint density at radius 2 is 1.71 bits per heavy atom. The highest BCUT2D eigenvalue weighted by Gasteiger charge is 2.14. The number of alkyl carbamates (subject to hydrolysis) is 1. The van der Waals surface area contributed by atoms with Crippen LogP contribution in [0.4, 0.5) is 20.6 Å². The molecule has 0 heterocycles. The van der Waals surface area contributed by atoms with Crippen LogP contribution in [0.2, 0.25) is 0 Å². The third kappa shape index (κ3) is 6.25. The summed E-state index contributed by atoms with van der Waals surface area (Å²) in [6.07, 6.45) is 4.49. The van der Waals surface area contributed by atoms with Crippen molar-refractivity contribution in [2.45, 2.75) is 52.1 Å². The third-order valence-corrected chi connectivity index (χ3v) is 4.54. The second-order valence-corrected chi connectivity index (χ2v) is 7.92. The van der Waals surface area contributed by atoms with Gasteiger partial charge < -0.3 is 15.0 Å². The molecule has 5 heteroatoms. The molecular formula is C23H31FN2O2. The Hall–Kier alpha value is -2.56. The smallest absolute Gasteiger partial charge is 0.407 e. The number of carbonyl (C=O) groups is 1. The quantitative estimate of drug-likeness (QED) is 0.729. The zero-order chi connectivity index (χ0) is 20.7. The lowest BCUT2D eigenvalue weighted by Crippen LogP contribution is -2.30. The van der Waals surface area contributed by atoms with Crippen LogP contribution >= 0.6 is 0 Å². The molecule has 0 bridgehead atoms. The van der Waals surface area contributed by atoms with Gasteiger partial charge in [0.15, 0.2) is 0 Å². The molecule has 2 aromatic carbocycles. The van der Waals surface area contributed by atoms with E-state index in [4.69, 9.17) is 4.74 Å². The maximum Gasteiger partial charge on any atom is 0.407 e. The van der Waals surface area contributed by atoms with Crippen molar-refractivity contribution < 1.29 is 13.9 Å². The largest absolute Gasteiger partial charge is 0.444 e. The number of carbonyl (C=O) groups excluding carboxylic acids is 1. The summed E-state index contributed by atoms with van der Waals surface area (Å²) in [6, 6.07) is 13.4. The van der Waals surface area contributed by atoms with Crippen LogP contribution in [0.25, 0.3) is 0 Å². The van der Waals surface area contributed by atoms with E-state index < -0.39 is 0 Å². The summed E-state index contributed by atoms with van der Waals surface area (Å²) in [5, 5.41) is 2.36. The van der Waals surface area contributed by atoms with Crippen molar-refractivity contribution in [3.63, 3.8) is 0 Å². The van der Waals surface area contributed by atoms with Gasteiger partial charge in [0.2, 0.25) is 0 Å². The maximum absolute atomic E-state index is 13.8. The van der Waals surface area contributed by atoms with Crippen LogP contribution in [0.5, 0.6) is 0 Å². The van der Waals surface area contributed by atoms with Crippen LogP contribution in [-0.2, 0) is 17.6 Å². The lowest BCUT2D eigenvalue weighted by molar-refractivity contribution is 0.0541. The molecule has 1 aliphatic rings. The summed E-state index contributed by atoms with van der Waals surface area (Å²) < 4.78 is 18.7. The number of hydrogen-bond donors (Lipinski definition) is 1. The SMILES string of the molecule is CN(c1ccc2c(c1)CCCC2)c1ccccc1F.CNC(=O)OC(C)(C)C. The fourth-order valence-electron chi connectivity index (χ4n) is 3.12. The normalized spacial score (nSPS) is 12.9. The second kappa shape index (κ2) is 9.58. The first-order valence-corrected chi connectivity index (χ1v) is 9.72. The van der Waals surface area contributed by atoms with Crippen molar-refractivity contribution in [2.75, 3.05) is 19.0 Å². The minimum atomic E-state index is -0.389. The Morgan fingerprint density at radius 1 is 1.07 bits per heavy atom. The van der Waals surface area contributed by atoms with Gasteiger partial charge in [-0.05, 0) is 81.8 Å². The van der Waals surface area contributed by atoms with Gasteiger partial charge in [0.25, 0.3) is 0 Å². The monoisotopic (exact) mass is 386 g/mol. The highest BCUT2D eigenvalue weighted by atomic mass is 19.1. The molecule has 0 saturated carbocycles. The Morgan fingerprint density at radius 3 is 2.29 bits per heavy atom. The molecule has 0 aromatic heterocycles. The van der Waals surface area contributed by atoms with Crippen molar-refractivity contribution in [3.8, 4) is 0 Å². The molecule has 0 spiro atoms. The minimum Gasteiger partial charge on any atom is -0.444 e. The lowest BCUT2D eigenvalue weighted by atomic mass is 9.91. The highest BCUT2D eigenvalue weighted by Crippen LogP contribution is 2.30. The van der Waals surface area contributed by atoms with Gasteiger partial charge in [0.1, 0.15) is 11.4 Å². The Balaban J connectivity index is 0.000000266. The van der Waals surface area contributed by atoms with Crippen molar-refractivity contribution in [1.29, 1.82) is 0 Å². The Kier molecular flexibility index (Phi) is 7.44. The number of para-hydroxylation sites is 1. The number of hydrogen-bond acceptors (Lipinski definition) is 3. The summed E-state index contributed by atoms with van der Waals surface area (Å²) in [5.74, 6) is -0.178. The Bertz CT molecular complexity index is 799. The van der Waals surface area contributed by atoms with Crippen LogP contribution in [0.1, 0.15) is 44.7 Å². The zero-order valence-corrected chi connectivity index (χ0v) is 17.5. The van der Waals surface area contributed by atoms with E-state index in [2.05, 4.69) is 23.5 Å². The number of anilines is 2. The predicted molar refractivity (Wildman–Crippen MR) is 113 cm³/mol. The molecule has 1 amide bonds. The number of halogens is 1. The van der Waals surface area contributed by atoms with Crippen molar-refractivity contribution in [1.82, 2.24) is 5.32 Å². The molecule has 3 rings (SSSR count). The van der Waals surface area contributed by atoms with E-state index in [-0.39, 0.29) is 17.5 Å². The zero-order valence-electron chi connectivity index (χ0n) is 17.5. The van der Waals surface area contributed by atoms with Gasteiger partial charge in [0, 0.05) is 19.8 Å². The van der Waals surface area contributed by atoms with E-state index in [1.54, 1.807) is 6.07 Å². The minimum absolute atomic E-state index is 0.178. The van der Waals surface area contributed by atoms with Gasteiger partial charge in [-0.25, -0.2) is 9.18 Å². The first-order chi connectivity index (χ1) is 13.2. The van der Waals surface area contributed by atoms with Crippen LogP contribution in [0.3, 0.4) is 0 Å². The van der Waals surface area contributed by atoms with E-state index in [0.717, 1.165) is 12.1 Å². The first-order valence-electron chi connectivity index (χ1n) is 9.72. The average molecular weight is 387 g/mol. The summed E-state index contributed by atoms with van der Waals surface area (Å²) >= 11 is 0. The van der Waals surface area contributed by atoms with Crippen LogP contribution in [-0.4, -0.2) is 25.8 Å². The summed E-state index contributed by atoms with van der Waals surface area (Å²) in [6.45, 7) is 5.46. The molecule has 0 aliphatic heterocycles. The van der Waals surface area contributed by atoms with E-state index in [1.165, 1.54) is 43.5 Å². The standard InChI is InChI=1S/C17H18FN.C6H13NO2/c1-19(17-9-5-4-8-16(17)18)15-11-10-13-6-2-3-7-14(13)12-15;1-6(2,3)9-5(8)7-4/h4-5,8-12H,2-3,6-7H2,1H3;1-4H3,(H,7,8). The molecule has 1 aliphatic carbocycles. The van der Waals surface area contributed by atoms with Gasteiger partial charge in [-0.2, -0.15) is 0 Å². The third-order valence-electron chi connectivity index (χ3n) is 4.54. The molecule has 0 radical (unpaired) electrons. The van der Waals surface area contributed by atoms with Crippen molar-refractivity contribution >= 4 is 17.5 Å². The van der Waals surface area contributed by atoms with Crippen LogP contribution < -0.4 is 10.2 Å². The molecule has 0 atom stereocenters. The summed E-state index contributed by atoms with van der Waals surface area (Å²) in [4.78, 5) is 12.4. The van der Waals surface area contributed by atoms with Gasteiger partial charge in [0.05, 0.1) is 5.69 Å². The summed E-state index contributed by atoms with van der Waals surface area (Å²) in [7, 11) is 3.46. The average Bonchev–Trinajstić information content (AvgIpc) is 2.66. The molecule has 1 N–H and O–H groups in total. The molecule has 28 heavy (non-hydrogen) atoms. The molecular weight excluding hydrogens is 355 g/mol. The number of benzene rings is 2. The molecule has 0 unspecified atom stereocenters. The number of fused-ring (bicyclic) bond motifs is 1. The number of aryl methyl sites for hydroxylation is 2. The fourth-order valence-corrected chi connectivity index (χ4v) is 3.12. The van der Waals surface area contributed by atoms with E-state index in [0.29, 0.717) is 5.69 Å². The summed E-state index contributed by atoms with van der Waals surface area (Å²) in [5.41, 5.74) is 4.17. The highest BCUT2D eigenvalue weighted by molar-refractivity contribution is 5.67. The Labute approximate surface area is 167 Å². The van der Waals surface area contributed by atoms with Crippen LogP contribution in [0, 0.1) is 5.82 Å². The first kappa shape index (κ1) is 21.7. The number of ether oxygens (including phenoxy) is 1. The van der Waals surface area contributed by atoms with Crippen molar-refractivity contribution in [3.05, 3.63) is 59.4 Å². The van der Waals surface area contributed by atoms with E-state index in [9.17, 15) is 9.18 Å². The topological polar surface area (TPSA) is 41.6 Å². The fraction of sp³-hybridized carbons (Fsp3) is 0.435. The predicted octanol–water partition coefficient (Wildman–Crippen LogP) is 5.61.